The highest BCUT2D eigenvalue weighted by atomic mass is 35.5. The Morgan fingerprint density at radius 3 is 2.72 bits per heavy atom. The predicted molar refractivity (Wildman–Crippen MR) is 87.1 cm³/mol. The molecule has 3 rings (SSSR count). The zero-order valence-electron chi connectivity index (χ0n) is 12.7. The first kappa shape index (κ1) is 18.1. The van der Waals surface area contributed by atoms with Gasteiger partial charge in [0.25, 0.3) is 5.91 Å². The first-order valence-electron chi connectivity index (χ1n) is 7.00. The number of aromatic nitrogens is 3. The predicted octanol–water partition coefficient (Wildman–Crippen LogP) is 0.865. The number of benzene rings is 1. The Morgan fingerprint density at radius 2 is 1.96 bits per heavy atom. The van der Waals surface area contributed by atoms with Crippen molar-refractivity contribution in [1.29, 1.82) is 0 Å². The average Bonchev–Trinajstić information content (AvgIpc) is 2.99. The van der Waals surface area contributed by atoms with Gasteiger partial charge in [-0.25, -0.2) is 4.79 Å². The van der Waals surface area contributed by atoms with E-state index in [1.165, 1.54) is 30.6 Å². The third-order valence-electron chi connectivity index (χ3n) is 3.18. The summed E-state index contributed by atoms with van der Waals surface area (Å²) in [6, 6.07) is 7.41. The van der Waals surface area contributed by atoms with Crippen molar-refractivity contribution in [2.75, 3.05) is 13.2 Å². The summed E-state index contributed by atoms with van der Waals surface area (Å²) in [5.41, 5.74) is 1.18. The summed E-state index contributed by atoms with van der Waals surface area (Å²) in [5.74, 6) is -0.868. The maximum absolute atomic E-state index is 11.9. The van der Waals surface area contributed by atoms with Gasteiger partial charge in [-0.3, -0.25) is 14.4 Å². The zero-order valence-corrected chi connectivity index (χ0v) is 13.6. The summed E-state index contributed by atoms with van der Waals surface area (Å²) in [7, 11) is 0. The molecule has 2 aromatic heterocycles. The lowest BCUT2D eigenvalue weighted by atomic mass is 10.2. The maximum Gasteiger partial charge on any atom is 0.338 e. The van der Waals surface area contributed by atoms with Crippen molar-refractivity contribution in [2.24, 2.45) is 0 Å². The lowest BCUT2D eigenvalue weighted by Crippen LogP contribution is -2.28. The topological polar surface area (TPSA) is 121 Å². The molecule has 0 aliphatic heterocycles. The van der Waals surface area contributed by atoms with Gasteiger partial charge in [0.15, 0.2) is 0 Å². The van der Waals surface area contributed by atoms with E-state index in [0.29, 0.717) is 5.56 Å². The standard InChI is InChI=1S/C15H12N4O5.ClH/c20-14(10-3-5-16-6-4-10)17-7-8-23-15(21)11-1-2-13-12(9-11)18-24-19(13)22;/h1-6,9H,7-8H2,(H,17,20);1H. The van der Waals surface area contributed by atoms with Crippen LogP contribution in [-0.4, -0.2) is 35.2 Å². The summed E-state index contributed by atoms with van der Waals surface area (Å²) < 4.78 is 9.48. The Morgan fingerprint density at radius 1 is 1.20 bits per heavy atom. The number of esters is 1. The molecule has 0 atom stereocenters. The normalized spacial score (nSPS) is 10.1. The number of hydrogen-bond acceptors (Lipinski definition) is 7. The van der Waals surface area contributed by atoms with E-state index < -0.39 is 5.97 Å². The number of ether oxygens (including phenoxy) is 1. The second kappa shape index (κ2) is 8.06. The number of nitrogens with one attached hydrogen (secondary N) is 1. The van der Waals surface area contributed by atoms with Gasteiger partial charge in [-0.05, 0) is 29.2 Å². The van der Waals surface area contributed by atoms with Crippen LogP contribution in [0.4, 0.5) is 0 Å². The van der Waals surface area contributed by atoms with E-state index in [2.05, 4.69) is 20.1 Å². The molecule has 0 fully saturated rings. The number of pyridine rings is 1. The van der Waals surface area contributed by atoms with Gasteiger partial charge in [-0.1, -0.05) is 0 Å². The van der Waals surface area contributed by atoms with Crippen molar-refractivity contribution >= 4 is 35.3 Å². The molecule has 25 heavy (non-hydrogen) atoms. The Labute approximate surface area is 147 Å². The Bertz CT molecular complexity index is 884. The largest absolute Gasteiger partial charge is 0.460 e. The number of fused-ring (bicyclic) bond motifs is 1. The fraction of sp³-hybridized carbons (Fsp3) is 0.133. The Hall–Kier alpha value is -3.20. The van der Waals surface area contributed by atoms with Crippen LogP contribution >= 0.6 is 12.4 Å². The molecule has 0 unspecified atom stereocenters. The third-order valence-corrected chi connectivity index (χ3v) is 3.18. The highest BCUT2D eigenvalue weighted by molar-refractivity contribution is 5.94. The number of hydrogen-bond donors (Lipinski definition) is 1. The molecular weight excluding hydrogens is 352 g/mol. The van der Waals surface area contributed by atoms with E-state index in [1.807, 2.05) is 0 Å². The number of halogens is 1. The molecule has 9 nitrogen and oxygen atoms in total. The molecule has 0 spiro atoms. The Balaban J connectivity index is 0.00000225. The van der Waals surface area contributed by atoms with Crippen molar-refractivity contribution in [1.82, 2.24) is 15.5 Å². The van der Waals surface area contributed by atoms with E-state index in [4.69, 9.17) is 4.74 Å². The Kier molecular flexibility index (Phi) is 5.85. The smallest absolute Gasteiger partial charge is 0.338 e. The van der Waals surface area contributed by atoms with Crippen molar-refractivity contribution in [3.63, 3.8) is 0 Å². The lowest BCUT2D eigenvalue weighted by Gasteiger charge is -2.06. The van der Waals surface area contributed by atoms with Crippen LogP contribution in [0, 0.1) is 5.21 Å². The number of amides is 1. The number of rotatable bonds is 5. The van der Waals surface area contributed by atoms with E-state index in [9.17, 15) is 14.8 Å². The average molecular weight is 365 g/mol. The van der Waals surface area contributed by atoms with Crippen molar-refractivity contribution < 1.29 is 23.9 Å². The minimum atomic E-state index is -0.587. The van der Waals surface area contributed by atoms with Gasteiger partial charge in [0.2, 0.25) is 11.0 Å². The molecule has 0 radical (unpaired) electrons. The first-order valence-corrected chi connectivity index (χ1v) is 7.00. The van der Waals surface area contributed by atoms with Crippen LogP contribution in [0.5, 0.6) is 0 Å². The van der Waals surface area contributed by atoms with E-state index in [-0.39, 0.29) is 53.0 Å². The van der Waals surface area contributed by atoms with Crippen LogP contribution < -0.4 is 10.2 Å². The molecule has 1 amide bonds. The number of carbonyl (C=O) groups is 2. The highest BCUT2D eigenvalue weighted by Gasteiger charge is 2.14. The van der Waals surface area contributed by atoms with E-state index in [1.54, 1.807) is 12.1 Å². The fourth-order valence-electron chi connectivity index (χ4n) is 2.00. The monoisotopic (exact) mass is 364 g/mol. The lowest BCUT2D eigenvalue weighted by molar-refractivity contribution is -0.782. The summed E-state index contributed by atoms with van der Waals surface area (Å²) in [6.45, 7) is 0.174. The minimum Gasteiger partial charge on any atom is -0.460 e. The molecule has 0 saturated heterocycles. The van der Waals surface area contributed by atoms with Crippen LogP contribution in [0.1, 0.15) is 20.7 Å². The van der Waals surface area contributed by atoms with E-state index >= 15 is 0 Å². The van der Waals surface area contributed by atoms with Crippen LogP contribution in [0.25, 0.3) is 11.0 Å². The molecule has 0 aliphatic carbocycles. The minimum absolute atomic E-state index is 0. The maximum atomic E-state index is 11.9. The molecule has 0 saturated carbocycles. The van der Waals surface area contributed by atoms with Gasteiger partial charge in [0.05, 0.1) is 12.1 Å². The number of nitrogens with zero attached hydrogens (tertiary/aromatic N) is 3. The molecule has 2 heterocycles. The summed E-state index contributed by atoms with van der Waals surface area (Å²) in [6.07, 6.45) is 3.03. The molecule has 0 bridgehead atoms. The van der Waals surface area contributed by atoms with Gasteiger partial charge in [-0.2, -0.15) is 0 Å². The van der Waals surface area contributed by atoms with Crippen LogP contribution in [0.15, 0.2) is 47.4 Å². The molecule has 1 N–H and O–H groups in total. The van der Waals surface area contributed by atoms with Gasteiger partial charge in [-0.15, -0.1) is 12.4 Å². The molecule has 3 aromatic rings. The van der Waals surface area contributed by atoms with Crippen molar-refractivity contribution in [3.8, 4) is 0 Å². The second-order valence-electron chi connectivity index (χ2n) is 4.76. The summed E-state index contributed by atoms with van der Waals surface area (Å²) in [5, 5.41) is 17.3. The zero-order chi connectivity index (χ0) is 16.9. The van der Waals surface area contributed by atoms with Gasteiger partial charge in [0.1, 0.15) is 6.61 Å². The molecule has 130 valence electrons. The summed E-state index contributed by atoms with van der Waals surface area (Å²) >= 11 is 0. The van der Waals surface area contributed by atoms with Crippen LogP contribution in [-0.2, 0) is 4.74 Å². The molecule has 0 aliphatic rings. The van der Waals surface area contributed by atoms with Gasteiger partial charge in [0, 0.05) is 29.2 Å². The SMILES string of the molecule is Cl.O=C(NCCOC(=O)c1ccc2c(c1)no[n+]2[O-])c1ccncc1. The van der Waals surface area contributed by atoms with E-state index in [0.717, 1.165) is 0 Å². The summed E-state index contributed by atoms with van der Waals surface area (Å²) in [4.78, 5) is 27.8. The molecule has 1 aromatic carbocycles. The van der Waals surface area contributed by atoms with Crippen LogP contribution in [0.3, 0.4) is 0 Å². The van der Waals surface area contributed by atoms with Crippen LogP contribution in [0.2, 0.25) is 0 Å². The highest BCUT2D eigenvalue weighted by Crippen LogP contribution is 2.11. The fourth-order valence-corrected chi connectivity index (χ4v) is 2.00. The first-order chi connectivity index (χ1) is 11.6. The number of carbonyl (C=O) groups excluding carboxylic acids is 2. The molecule has 10 heteroatoms. The quantitative estimate of drug-likeness (QED) is 0.405. The third kappa shape index (κ3) is 4.21. The van der Waals surface area contributed by atoms with Gasteiger partial charge < -0.3 is 15.3 Å². The molecular formula is C15H13ClN4O5. The van der Waals surface area contributed by atoms with Crippen molar-refractivity contribution in [3.05, 3.63) is 59.1 Å². The van der Waals surface area contributed by atoms with Gasteiger partial charge >= 0.3 is 5.97 Å². The van der Waals surface area contributed by atoms with Crippen molar-refractivity contribution in [2.45, 2.75) is 0 Å². The second-order valence-corrected chi connectivity index (χ2v) is 4.76.